The van der Waals surface area contributed by atoms with Gasteiger partial charge in [-0.2, -0.15) is 4.98 Å². The number of nitrogens with zero attached hydrogens (tertiary/aromatic N) is 2. The van der Waals surface area contributed by atoms with Crippen molar-refractivity contribution in [3.63, 3.8) is 0 Å². The molecular formula is C11H17ClN4O2. The van der Waals surface area contributed by atoms with Crippen LogP contribution in [0.5, 0.6) is 0 Å². The first-order chi connectivity index (χ1) is 8.63. The molecule has 0 amide bonds. The lowest BCUT2D eigenvalue weighted by Gasteiger charge is -2.12. The van der Waals surface area contributed by atoms with E-state index in [4.69, 9.17) is 22.1 Å². The van der Waals surface area contributed by atoms with E-state index in [0.29, 0.717) is 24.9 Å². The molecule has 100 valence electrons. The van der Waals surface area contributed by atoms with Crippen molar-refractivity contribution < 1.29 is 9.84 Å². The summed E-state index contributed by atoms with van der Waals surface area (Å²) in [5.74, 6) is 1.30. The van der Waals surface area contributed by atoms with Crippen molar-refractivity contribution >= 4 is 23.4 Å². The Kier molecular flexibility index (Phi) is 4.57. The Morgan fingerprint density at radius 2 is 2.33 bits per heavy atom. The largest absolute Gasteiger partial charge is 0.389 e. The summed E-state index contributed by atoms with van der Waals surface area (Å²) in [6.45, 7) is 1.39. The third-order valence-corrected chi connectivity index (χ3v) is 2.79. The number of anilines is 2. The topological polar surface area (TPSA) is 93.3 Å². The maximum absolute atomic E-state index is 9.69. The highest BCUT2D eigenvalue weighted by atomic mass is 35.5. The molecule has 0 radical (unpaired) electrons. The van der Waals surface area contributed by atoms with Crippen LogP contribution >= 0.6 is 11.6 Å². The molecule has 4 N–H and O–H groups in total. The number of ether oxygens (including phenoxy) is 1. The fraction of sp³-hybridized carbons (Fsp3) is 0.636. The minimum absolute atomic E-state index is 0.101. The fourth-order valence-corrected chi connectivity index (χ4v) is 1.65. The predicted molar refractivity (Wildman–Crippen MR) is 69.5 cm³/mol. The highest BCUT2D eigenvalue weighted by molar-refractivity contribution is 6.29. The van der Waals surface area contributed by atoms with Crippen LogP contribution in [0.4, 0.5) is 11.8 Å². The van der Waals surface area contributed by atoms with Gasteiger partial charge in [0.25, 0.3) is 0 Å². The summed E-state index contributed by atoms with van der Waals surface area (Å²) < 4.78 is 5.38. The van der Waals surface area contributed by atoms with Crippen molar-refractivity contribution in [3.05, 3.63) is 11.2 Å². The van der Waals surface area contributed by atoms with Gasteiger partial charge < -0.3 is 20.9 Å². The molecule has 18 heavy (non-hydrogen) atoms. The quantitative estimate of drug-likeness (QED) is 0.639. The Morgan fingerprint density at radius 1 is 1.56 bits per heavy atom. The van der Waals surface area contributed by atoms with Gasteiger partial charge in [0.2, 0.25) is 5.95 Å². The third kappa shape index (κ3) is 4.64. The van der Waals surface area contributed by atoms with Gasteiger partial charge in [0, 0.05) is 19.2 Å². The van der Waals surface area contributed by atoms with E-state index in [1.54, 1.807) is 6.07 Å². The average molecular weight is 273 g/mol. The lowest BCUT2D eigenvalue weighted by molar-refractivity contribution is 0.0386. The molecular weight excluding hydrogens is 256 g/mol. The first-order valence-corrected chi connectivity index (χ1v) is 6.31. The molecule has 1 fully saturated rings. The van der Waals surface area contributed by atoms with Crippen LogP contribution in [-0.2, 0) is 4.74 Å². The summed E-state index contributed by atoms with van der Waals surface area (Å²) in [4.78, 5) is 7.69. The van der Waals surface area contributed by atoms with Crippen molar-refractivity contribution in [2.24, 2.45) is 5.92 Å². The number of hydrogen-bond donors (Lipinski definition) is 3. The number of nitrogens with one attached hydrogen (secondary N) is 1. The van der Waals surface area contributed by atoms with Crippen molar-refractivity contribution in [1.29, 1.82) is 0 Å². The van der Waals surface area contributed by atoms with Gasteiger partial charge in [0.15, 0.2) is 0 Å². The van der Waals surface area contributed by atoms with Gasteiger partial charge >= 0.3 is 0 Å². The van der Waals surface area contributed by atoms with Crippen LogP contribution in [0.25, 0.3) is 0 Å². The molecule has 1 aromatic rings. The van der Waals surface area contributed by atoms with Gasteiger partial charge in [-0.3, -0.25) is 0 Å². The summed E-state index contributed by atoms with van der Waals surface area (Å²) in [5, 5.41) is 12.9. The Bertz CT molecular complexity index is 380. The summed E-state index contributed by atoms with van der Waals surface area (Å²) in [7, 11) is 0. The lowest BCUT2D eigenvalue weighted by atomic mass is 10.3. The minimum atomic E-state index is -0.585. The normalized spacial score (nSPS) is 16.6. The zero-order valence-corrected chi connectivity index (χ0v) is 10.7. The fourth-order valence-electron chi connectivity index (χ4n) is 1.46. The van der Waals surface area contributed by atoms with Crippen LogP contribution in [0.1, 0.15) is 12.8 Å². The monoisotopic (exact) mass is 272 g/mol. The van der Waals surface area contributed by atoms with E-state index in [1.807, 2.05) is 0 Å². The highest BCUT2D eigenvalue weighted by Gasteiger charge is 2.21. The molecule has 0 bridgehead atoms. The van der Waals surface area contributed by atoms with Crippen LogP contribution < -0.4 is 11.1 Å². The van der Waals surface area contributed by atoms with Crippen LogP contribution in [-0.4, -0.2) is 40.9 Å². The Balaban J connectivity index is 1.68. The molecule has 2 rings (SSSR count). The number of nitrogens with two attached hydrogens (primary N) is 1. The van der Waals surface area contributed by atoms with E-state index in [9.17, 15) is 5.11 Å². The van der Waals surface area contributed by atoms with E-state index in [0.717, 1.165) is 6.61 Å². The molecule has 0 saturated heterocycles. The van der Waals surface area contributed by atoms with Gasteiger partial charge in [-0.15, -0.1) is 0 Å². The summed E-state index contributed by atoms with van der Waals surface area (Å²) in [6, 6.07) is 1.55. The molecule has 0 aliphatic heterocycles. The Labute approximate surface area is 111 Å². The zero-order valence-electron chi connectivity index (χ0n) is 9.97. The van der Waals surface area contributed by atoms with Crippen LogP contribution in [0.2, 0.25) is 5.15 Å². The minimum Gasteiger partial charge on any atom is -0.389 e. The van der Waals surface area contributed by atoms with Crippen LogP contribution in [0.15, 0.2) is 6.07 Å². The van der Waals surface area contributed by atoms with Crippen molar-refractivity contribution in [3.8, 4) is 0 Å². The maximum Gasteiger partial charge on any atom is 0.223 e. The number of aromatic nitrogens is 2. The first-order valence-electron chi connectivity index (χ1n) is 5.93. The van der Waals surface area contributed by atoms with Gasteiger partial charge in [-0.25, -0.2) is 4.98 Å². The summed E-state index contributed by atoms with van der Waals surface area (Å²) in [5.41, 5.74) is 5.45. The lowest BCUT2D eigenvalue weighted by Crippen LogP contribution is -2.25. The molecule has 6 nitrogen and oxygen atoms in total. The Morgan fingerprint density at radius 3 is 3.00 bits per heavy atom. The molecule has 7 heteroatoms. The number of hydrogen-bond acceptors (Lipinski definition) is 6. The maximum atomic E-state index is 9.69. The number of rotatable bonds is 7. The molecule has 1 atom stereocenters. The van der Waals surface area contributed by atoms with Gasteiger partial charge in [0.1, 0.15) is 11.0 Å². The Hall–Kier alpha value is -1.11. The van der Waals surface area contributed by atoms with E-state index >= 15 is 0 Å². The highest BCUT2D eigenvalue weighted by Crippen LogP contribution is 2.28. The molecule has 1 aliphatic rings. The van der Waals surface area contributed by atoms with E-state index in [-0.39, 0.29) is 11.1 Å². The van der Waals surface area contributed by atoms with Gasteiger partial charge in [-0.1, -0.05) is 11.6 Å². The molecule has 1 aromatic heterocycles. The second-order valence-corrected chi connectivity index (χ2v) is 4.84. The summed E-state index contributed by atoms with van der Waals surface area (Å²) in [6.07, 6.45) is 1.90. The number of aliphatic hydroxyl groups is 1. The van der Waals surface area contributed by atoms with Crippen LogP contribution in [0, 0.1) is 5.92 Å². The van der Waals surface area contributed by atoms with Crippen molar-refractivity contribution in [2.45, 2.75) is 18.9 Å². The van der Waals surface area contributed by atoms with E-state index in [2.05, 4.69) is 15.3 Å². The molecule has 0 unspecified atom stereocenters. The van der Waals surface area contributed by atoms with E-state index in [1.165, 1.54) is 12.8 Å². The molecule has 0 spiro atoms. The average Bonchev–Trinajstić information content (AvgIpc) is 3.09. The second kappa shape index (κ2) is 6.17. The third-order valence-electron chi connectivity index (χ3n) is 2.59. The SMILES string of the molecule is Nc1nc(Cl)cc(NC[C@@H](O)COCC2CC2)n1. The zero-order chi connectivity index (χ0) is 13.0. The van der Waals surface area contributed by atoms with Gasteiger partial charge in [-0.05, 0) is 18.8 Å². The van der Waals surface area contributed by atoms with Crippen molar-refractivity contribution in [2.75, 3.05) is 30.8 Å². The van der Waals surface area contributed by atoms with Crippen molar-refractivity contribution in [1.82, 2.24) is 9.97 Å². The van der Waals surface area contributed by atoms with Crippen LogP contribution in [0.3, 0.4) is 0 Å². The first kappa shape index (κ1) is 13.3. The molecule has 1 saturated carbocycles. The molecule has 1 aliphatic carbocycles. The second-order valence-electron chi connectivity index (χ2n) is 4.45. The predicted octanol–water partition coefficient (Wildman–Crippen LogP) is 0.912. The number of halogens is 1. The van der Waals surface area contributed by atoms with Gasteiger partial charge in [0.05, 0.1) is 12.7 Å². The summed E-state index contributed by atoms with van der Waals surface area (Å²) >= 11 is 5.73. The number of nitrogen functional groups attached to an aromatic ring is 1. The van der Waals surface area contributed by atoms with E-state index < -0.39 is 6.10 Å². The molecule has 1 heterocycles. The molecule has 0 aromatic carbocycles. The standard InChI is InChI=1S/C11H17ClN4O2/c12-9-3-10(16-11(13)15-9)14-4-8(17)6-18-5-7-1-2-7/h3,7-8,17H,1-2,4-6H2,(H3,13,14,15,16)/t8-/m1/s1. The smallest absolute Gasteiger partial charge is 0.223 e. The number of aliphatic hydroxyl groups excluding tert-OH is 1.